The number of hydrogen-bond acceptors (Lipinski definition) is 5. The molecule has 3 aromatic rings. The molecule has 1 amide bonds. The molecular weight excluding hydrogens is 392 g/mol. The van der Waals surface area contributed by atoms with Gasteiger partial charge in [-0.2, -0.15) is 0 Å². The maximum absolute atomic E-state index is 12.5. The number of para-hydroxylation sites is 1. The topological polar surface area (TPSA) is 60.5 Å². The summed E-state index contributed by atoms with van der Waals surface area (Å²) in [5.41, 5.74) is 2.23. The van der Waals surface area contributed by atoms with Gasteiger partial charge in [-0.05, 0) is 24.3 Å². The molecule has 0 aliphatic carbocycles. The van der Waals surface area contributed by atoms with Crippen LogP contribution in [-0.2, 0) is 0 Å². The lowest BCUT2D eigenvalue weighted by atomic mass is 10.2. The Morgan fingerprint density at radius 3 is 2.96 bits per heavy atom. The van der Waals surface area contributed by atoms with Crippen molar-refractivity contribution in [2.75, 3.05) is 12.1 Å². The number of aromatic nitrogens is 1. The van der Waals surface area contributed by atoms with E-state index < -0.39 is 0 Å². The lowest BCUT2D eigenvalue weighted by Crippen LogP contribution is -2.12. The van der Waals surface area contributed by atoms with Crippen LogP contribution in [0, 0.1) is 0 Å². The van der Waals surface area contributed by atoms with Crippen LogP contribution in [0.15, 0.2) is 52.3 Å². The quantitative estimate of drug-likeness (QED) is 0.697. The van der Waals surface area contributed by atoms with Crippen LogP contribution < -0.4 is 14.8 Å². The highest BCUT2D eigenvalue weighted by molar-refractivity contribution is 9.10. The molecule has 120 valence electrons. The first-order chi connectivity index (χ1) is 11.7. The molecule has 0 fully saturated rings. The van der Waals surface area contributed by atoms with Crippen molar-refractivity contribution in [3.8, 4) is 22.8 Å². The fourth-order valence-corrected chi connectivity index (χ4v) is 3.50. The van der Waals surface area contributed by atoms with Crippen LogP contribution in [0.2, 0.25) is 0 Å². The highest BCUT2D eigenvalue weighted by Crippen LogP contribution is 2.36. The number of nitrogens with zero attached hydrogens (tertiary/aromatic N) is 1. The van der Waals surface area contributed by atoms with Crippen molar-refractivity contribution < 1.29 is 14.3 Å². The number of amides is 1. The third kappa shape index (κ3) is 2.88. The van der Waals surface area contributed by atoms with Gasteiger partial charge in [-0.1, -0.05) is 34.1 Å². The fourth-order valence-electron chi connectivity index (χ4n) is 2.39. The second-order valence-corrected chi connectivity index (χ2v) is 6.82. The van der Waals surface area contributed by atoms with Crippen molar-refractivity contribution in [2.24, 2.45) is 0 Å². The minimum absolute atomic E-state index is 0.129. The zero-order valence-corrected chi connectivity index (χ0v) is 14.7. The van der Waals surface area contributed by atoms with Gasteiger partial charge in [0.1, 0.15) is 0 Å². The number of anilines is 1. The van der Waals surface area contributed by atoms with E-state index in [0.717, 1.165) is 15.7 Å². The molecule has 24 heavy (non-hydrogen) atoms. The van der Waals surface area contributed by atoms with Gasteiger partial charge in [0.2, 0.25) is 6.79 Å². The minimum atomic E-state index is -0.271. The van der Waals surface area contributed by atoms with Gasteiger partial charge in [0.25, 0.3) is 5.91 Å². The van der Waals surface area contributed by atoms with Crippen molar-refractivity contribution in [2.45, 2.75) is 0 Å². The molecule has 0 bridgehead atoms. The first kappa shape index (κ1) is 15.2. The molecule has 0 radical (unpaired) electrons. The van der Waals surface area contributed by atoms with Gasteiger partial charge >= 0.3 is 0 Å². The second-order valence-electron chi connectivity index (χ2n) is 5.04. The maximum Gasteiger partial charge on any atom is 0.261 e. The summed E-state index contributed by atoms with van der Waals surface area (Å²) in [6.07, 6.45) is 0. The Bertz CT molecular complexity index is 926. The lowest BCUT2D eigenvalue weighted by molar-refractivity contribution is 0.102. The van der Waals surface area contributed by atoms with Crippen molar-refractivity contribution in [3.63, 3.8) is 0 Å². The third-order valence-corrected chi connectivity index (χ3v) is 4.74. The Kier molecular flexibility index (Phi) is 3.95. The summed E-state index contributed by atoms with van der Waals surface area (Å²) in [6.45, 7) is 0.129. The SMILES string of the molecule is O=C(Nc1nc(-c2cccc(Br)c2)cs1)c1cccc2c1OCO2. The molecule has 5 nitrogen and oxygen atoms in total. The van der Waals surface area contributed by atoms with E-state index in [1.807, 2.05) is 29.6 Å². The van der Waals surface area contributed by atoms with E-state index in [1.54, 1.807) is 18.2 Å². The maximum atomic E-state index is 12.5. The molecule has 1 aliphatic heterocycles. The van der Waals surface area contributed by atoms with Crippen LogP contribution in [-0.4, -0.2) is 17.7 Å². The molecule has 1 N–H and O–H groups in total. The molecule has 0 spiro atoms. The van der Waals surface area contributed by atoms with Crippen molar-refractivity contribution in [1.82, 2.24) is 4.98 Å². The number of thiazole rings is 1. The number of fused-ring (bicyclic) bond motifs is 1. The summed E-state index contributed by atoms with van der Waals surface area (Å²) in [5.74, 6) is 0.780. The Balaban J connectivity index is 1.56. The zero-order chi connectivity index (χ0) is 16.5. The average Bonchev–Trinajstić information content (AvgIpc) is 3.23. The van der Waals surface area contributed by atoms with Crippen LogP contribution in [0.5, 0.6) is 11.5 Å². The van der Waals surface area contributed by atoms with Crippen molar-refractivity contribution in [3.05, 3.63) is 57.9 Å². The first-order valence-corrected chi connectivity index (χ1v) is 8.79. The first-order valence-electron chi connectivity index (χ1n) is 7.12. The third-order valence-electron chi connectivity index (χ3n) is 3.49. The molecule has 1 aromatic heterocycles. The lowest BCUT2D eigenvalue weighted by Gasteiger charge is -2.05. The number of benzene rings is 2. The largest absolute Gasteiger partial charge is 0.454 e. The molecule has 0 saturated heterocycles. The number of nitrogens with one attached hydrogen (secondary N) is 1. The molecule has 0 atom stereocenters. The molecule has 0 saturated carbocycles. The second kappa shape index (κ2) is 6.26. The van der Waals surface area contributed by atoms with E-state index in [1.165, 1.54) is 11.3 Å². The van der Waals surface area contributed by atoms with Gasteiger partial charge < -0.3 is 9.47 Å². The molecule has 0 unspecified atom stereocenters. The van der Waals surface area contributed by atoms with E-state index >= 15 is 0 Å². The normalized spacial score (nSPS) is 12.2. The highest BCUT2D eigenvalue weighted by atomic mass is 79.9. The standard InChI is InChI=1S/C17H11BrN2O3S/c18-11-4-1-3-10(7-11)13-8-24-17(19-13)20-16(21)12-5-2-6-14-15(12)23-9-22-14/h1-8H,9H2,(H,19,20,21). The van der Waals surface area contributed by atoms with E-state index in [2.05, 4.69) is 26.2 Å². The molecule has 7 heteroatoms. The molecular formula is C17H11BrN2O3S. The summed E-state index contributed by atoms with van der Waals surface area (Å²) in [7, 11) is 0. The predicted molar refractivity (Wildman–Crippen MR) is 95.8 cm³/mol. The number of ether oxygens (including phenoxy) is 2. The summed E-state index contributed by atoms with van der Waals surface area (Å²) in [5, 5.41) is 5.26. The average molecular weight is 403 g/mol. The zero-order valence-electron chi connectivity index (χ0n) is 12.3. The number of carbonyl (C=O) groups excluding carboxylic acids is 1. The predicted octanol–water partition coefficient (Wildman–Crippen LogP) is 4.55. The van der Waals surface area contributed by atoms with Crippen LogP contribution in [0.1, 0.15) is 10.4 Å². The van der Waals surface area contributed by atoms with E-state index in [9.17, 15) is 4.79 Å². The highest BCUT2D eigenvalue weighted by Gasteiger charge is 2.22. The van der Waals surface area contributed by atoms with Gasteiger partial charge in [0, 0.05) is 15.4 Å². The smallest absolute Gasteiger partial charge is 0.261 e. The van der Waals surface area contributed by atoms with Crippen LogP contribution >= 0.6 is 27.3 Å². The molecule has 2 aromatic carbocycles. The van der Waals surface area contributed by atoms with Crippen molar-refractivity contribution >= 4 is 38.3 Å². The summed E-state index contributed by atoms with van der Waals surface area (Å²) in [4.78, 5) is 17.0. The monoisotopic (exact) mass is 402 g/mol. The van der Waals surface area contributed by atoms with Gasteiger partial charge in [0.15, 0.2) is 16.6 Å². The Hall–Kier alpha value is -2.38. The molecule has 4 rings (SSSR count). The number of hydrogen-bond donors (Lipinski definition) is 1. The van der Waals surface area contributed by atoms with E-state index in [4.69, 9.17) is 9.47 Å². The summed E-state index contributed by atoms with van der Waals surface area (Å²) < 4.78 is 11.6. The molecule has 2 heterocycles. The number of rotatable bonds is 3. The van der Waals surface area contributed by atoms with Crippen molar-refractivity contribution in [1.29, 1.82) is 0 Å². The van der Waals surface area contributed by atoms with E-state index in [-0.39, 0.29) is 12.7 Å². The van der Waals surface area contributed by atoms with Gasteiger partial charge in [-0.3, -0.25) is 10.1 Å². The minimum Gasteiger partial charge on any atom is -0.454 e. The Labute approximate surface area is 150 Å². The van der Waals surface area contributed by atoms with Crippen LogP contribution in [0.4, 0.5) is 5.13 Å². The van der Waals surface area contributed by atoms with Gasteiger partial charge in [0.05, 0.1) is 11.3 Å². The van der Waals surface area contributed by atoms with Gasteiger partial charge in [-0.25, -0.2) is 4.98 Å². The summed E-state index contributed by atoms with van der Waals surface area (Å²) in [6, 6.07) is 13.1. The summed E-state index contributed by atoms with van der Waals surface area (Å²) >= 11 is 4.82. The fraction of sp³-hybridized carbons (Fsp3) is 0.0588. The number of carbonyl (C=O) groups is 1. The number of halogens is 1. The Morgan fingerprint density at radius 2 is 2.08 bits per heavy atom. The van der Waals surface area contributed by atoms with Crippen LogP contribution in [0.3, 0.4) is 0 Å². The Morgan fingerprint density at radius 1 is 1.21 bits per heavy atom. The van der Waals surface area contributed by atoms with Gasteiger partial charge in [-0.15, -0.1) is 11.3 Å². The van der Waals surface area contributed by atoms with Crippen LogP contribution in [0.25, 0.3) is 11.3 Å². The van der Waals surface area contributed by atoms with E-state index in [0.29, 0.717) is 22.2 Å². The molecule has 1 aliphatic rings.